The Morgan fingerprint density at radius 3 is 2.81 bits per heavy atom. The smallest absolute Gasteiger partial charge is 0.282 e. The summed E-state index contributed by atoms with van der Waals surface area (Å²) in [5.74, 6) is -0.358. The Labute approximate surface area is 122 Å². The average molecular weight is 290 g/mol. The number of hydrogen-bond donors (Lipinski definition) is 0. The molecule has 6 heteroatoms. The summed E-state index contributed by atoms with van der Waals surface area (Å²) >= 11 is 0. The van der Waals surface area contributed by atoms with E-state index in [4.69, 9.17) is 0 Å². The minimum atomic E-state index is -0.543. The van der Waals surface area contributed by atoms with Crippen LogP contribution in [0, 0.1) is 23.0 Å². The lowest BCUT2D eigenvalue weighted by atomic mass is 9.93. The van der Waals surface area contributed by atoms with Gasteiger partial charge in [-0.05, 0) is 25.0 Å². The molecular weight excluding hydrogens is 272 g/mol. The molecule has 0 aliphatic carbocycles. The number of rotatable bonds is 3. The van der Waals surface area contributed by atoms with Crippen LogP contribution >= 0.6 is 0 Å². The van der Waals surface area contributed by atoms with Gasteiger partial charge in [-0.2, -0.15) is 0 Å². The van der Waals surface area contributed by atoms with Crippen molar-refractivity contribution in [3.05, 3.63) is 39.4 Å². The van der Waals surface area contributed by atoms with E-state index in [0.29, 0.717) is 25.9 Å². The number of benzene rings is 1. The van der Waals surface area contributed by atoms with E-state index in [1.54, 1.807) is 17.9 Å². The maximum Gasteiger partial charge on any atom is 0.282 e. The summed E-state index contributed by atoms with van der Waals surface area (Å²) in [4.78, 5) is 36.4. The van der Waals surface area contributed by atoms with Crippen LogP contribution in [-0.4, -0.2) is 34.6 Å². The predicted molar refractivity (Wildman–Crippen MR) is 77.1 cm³/mol. The first-order chi connectivity index (χ1) is 9.93. The van der Waals surface area contributed by atoms with Gasteiger partial charge in [0, 0.05) is 31.5 Å². The van der Waals surface area contributed by atoms with Crippen molar-refractivity contribution in [2.75, 3.05) is 13.1 Å². The second-order valence-electron chi connectivity index (χ2n) is 5.35. The van der Waals surface area contributed by atoms with E-state index in [1.807, 2.05) is 6.92 Å². The SMILES string of the molecule is CCC1CN(C(=O)c2cc(C)ccc2[N+](=O)[O-])CCC1=O. The third-order valence-electron chi connectivity index (χ3n) is 3.88. The fourth-order valence-electron chi connectivity index (χ4n) is 2.60. The Morgan fingerprint density at radius 2 is 2.19 bits per heavy atom. The maximum atomic E-state index is 12.6. The first-order valence-electron chi connectivity index (χ1n) is 7.01. The molecule has 1 aliphatic heterocycles. The van der Waals surface area contributed by atoms with Crippen LogP contribution in [0.25, 0.3) is 0 Å². The number of Topliss-reactive ketones (excluding diaryl/α,β-unsaturated/α-hetero) is 1. The van der Waals surface area contributed by atoms with Gasteiger partial charge < -0.3 is 4.90 Å². The number of aryl methyl sites for hydroxylation is 1. The standard InChI is InChI=1S/C15H18N2O4/c1-3-11-9-16(7-6-14(11)18)15(19)12-8-10(2)4-5-13(12)17(20)21/h4-5,8,11H,3,6-7,9H2,1-2H3. The number of amides is 1. The molecule has 0 spiro atoms. The number of carbonyl (C=O) groups is 2. The largest absolute Gasteiger partial charge is 0.337 e. The Kier molecular flexibility index (Phi) is 4.35. The molecule has 1 aromatic carbocycles. The maximum absolute atomic E-state index is 12.6. The van der Waals surface area contributed by atoms with Crippen LogP contribution in [0.4, 0.5) is 5.69 Å². The summed E-state index contributed by atoms with van der Waals surface area (Å²) in [6, 6.07) is 4.51. The van der Waals surface area contributed by atoms with Gasteiger partial charge in [-0.3, -0.25) is 19.7 Å². The van der Waals surface area contributed by atoms with E-state index in [9.17, 15) is 19.7 Å². The average Bonchev–Trinajstić information content (AvgIpc) is 2.46. The van der Waals surface area contributed by atoms with E-state index in [2.05, 4.69) is 0 Å². The van der Waals surface area contributed by atoms with Gasteiger partial charge in [0.25, 0.3) is 11.6 Å². The summed E-state index contributed by atoms with van der Waals surface area (Å²) in [7, 11) is 0. The second-order valence-corrected chi connectivity index (χ2v) is 5.35. The zero-order valence-electron chi connectivity index (χ0n) is 12.2. The van der Waals surface area contributed by atoms with E-state index in [-0.39, 0.29) is 28.9 Å². The molecule has 0 aromatic heterocycles. The molecule has 0 bridgehead atoms. The van der Waals surface area contributed by atoms with Gasteiger partial charge in [0.05, 0.1) is 4.92 Å². The Balaban J connectivity index is 2.30. The number of carbonyl (C=O) groups excluding carboxylic acids is 2. The van der Waals surface area contributed by atoms with Gasteiger partial charge in [0.2, 0.25) is 0 Å². The molecule has 2 rings (SSSR count). The van der Waals surface area contributed by atoms with Crippen LogP contribution in [0.3, 0.4) is 0 Å². The minimum Gasteiger partial charge on any atom is -0.337 e. The molecule has 1 amide bonds. The number of nitro groups is 1. The Hall–Kier alpha value is -2.24. The first kappa shape index (κ1) is 15.2. The molecule has 1 heterocycles. The van der Waals surface area contributed by atoms with Crippen molar-refractivity contribution in [2.45, 2.75) is 26.7 Å². The molecule has 0 radical (unpaired) electrons. The monoisotopic (exact) mass is 290 g/mol. The number of piperidine rings is 1. The predicted octanol–water partition coefficient (Wildman–Crippen LogP) is 2.34. The van der Waals surface area contributed by atoms with Crippen molar-refractivity contribution in [1.29, 1.82) is 0 Å². The molecule has 6 nitrogen and oxygen atoms in total. The molecule has 1 unspecified atom stereocenters. The zero-order chi connectivity index (χ0) is 15.6. The van der Waals surface area contributed by atoms with Gasteiger partial charge >= 0.3 is 0 Å². The molecule has 1 fully saturated rings. The highest BCUT2D eigenvalue weighted by molar-refractivity contribution is 5.99. The molecule has 0 N–H and O–H groups in total. The Morgan fingerprint density at radius 1 is 1.48 bits per heavy atom. The summed E-state index contributed by atoms with van der Waals surface area (Å²) < 4.78 is 0. The zero-order valence-corrected chi connectivity index (χ0v) is 12.2. The minimum absolute atomic E-state index is 0.101. The topological polar surface area (TPSA) is 80.5 Å². The van der Waals surface area contributed by atoms with Gasteiger partial charge in [-0.1, -0.05) is 13.0 Å². The molecular formula is C15H18N2O4. The van der Waals surface area contributed by atoms with Crippen molar-refractivity contribution < 1.29 is 14.5 Å². The van der Waals surface area contributed by atoms with Crippen molar-refractivity contribution in [3.8, 4) is 0 Å². The van der Waals surface area contributed by atoms with Crippen molar-refractivity contribution >= 4 is 17.4 Å². The lowest BCUT2D eigenvalue weighted by molar-refractivity contribution is -0.385. The number of ketones is 1. The van der Waals surface area contributed by atoms with Crippen LogP contribution < -0.4 is 0 Å². The molecule has 112 valence electrons. The van der Waals surface area contributed by atoms with Crippen molar-refractivity contribution in [3.63, 3.8) is 0 Å². The lowest BCUT2D eigenvalue weighted by Gasteiger charge is -2.31. The van der Waals surface area contributed by atoms with Crippen LogP contribution in [0.2, 0.25) is 0 Å². The van der Waals surface area contributed by atoms with E-state index in [0.717, 1.165) is 5.56 Å². The van der Waals surface area contributed by atoms with E-state index >= 15 is 0 Å². The highest BCUT2D eigenvalue weighted by atomic mass is 16.6. The molecule has 1 atom stereocenters. The lowest BCUT2D eigenvalue weighted by Crippen LogP contribution is -2.44. The van der Waals surface area contributed by atoms with Crippen LogP contribution in [0.5, 0.6) is 0 Å². The van der Waals surface area contributed by atoms with E-state index < -0.39 is 4.92 Å². The van der Waals surface area contributed by atoms with Gasteiger partial charge in [0.15, 0.2) is 0 Å². The van der Waals surface area contributed by atoms with E-state index in [1.165, 1.54) is 12.1 Å². The quantitative estimate of drug-likeness (QED) is 0.632. The first-order valence-corrected chi connectivity index (χ1v) is 7.01. The van der Waals surface area contributed by atoms with Crippen molar-refractivity contribution in [2.24, 2.45) is 5.92 Å². The summed E-state index contributed by atoms with van der Waals surface area (Å²) in [5, 5.41) is 11.1. The Bertz CT molecular complexity index is 597. The summed E-state index contributed by atoms with van der Waals surface area (Å²) in [5.41, 5.74) is 0.712. The highest BCUT2D eigenvalue weighted by Crippen LogP contribution is 2.24. The molecule has 1 aliphatic rings. The van der Waals surface area contributed by atoms with Crippen LogP contribution in [0.15, 0.2) is 18.2 Å². The van der Waals surface area contributed by atoms with Gasteiger partial charge in [0.1, 0.15) is 11.3 Å². The number of hydrogen-bond acceptors (Lipinski definition) is 4. The van der Waals surface area contributed by atoms with Crippen molar-refractivity contribution in [1.82, 2.24) is 4.90 Å². The fraction of sp³-hybridized carbons (Fsp3) is 0.467. The summed E-state index contributed by atoms with van der Waals surface area (Å²) in [6.07, 6.45) is 1.00. The number of nitro benzene ring substituents is 1. The highest BCUT2D eigenvalue weighted by Gasteiger charge is 2.31. The molecule has 21 heavy (non-hydrogen) atoms. The normalized spacial score (nSPS) is 18.7. The number of likely N-dealkylation sites (tertiary alicyclic amines) is 1. The molecule has 1 aromatic rings. The van der Waals surface area contributed by atoms with Crippen LogP contribution in [0.1, 0.15) is 35.7 Å². The summed E-state index contributed by atoms with van der Waals surface area (Å²) in [6.45, 7) is 4.37. The second kappa shape index (κ2) is 6.03. The molecule has 1 saturated heterocycles. The van der Waals surface area contributed by atoms with Gasteiger partial charge in [-0.15, -0.1) is 0 Å². The molecule has 0 saturated carbocycles. The van der Waals surface area contributed by atoms with Crippen LogP contribution in [-0.2, 0) is 4.79 Å². The van der Waals surface area contributed by atoms with Gasteiger partial charge in [-0.25, -0.2) is 0 Å². The third kappa shape index (κ3) is 3.09. The number of nitrogens with zero attached hydrogens (tertiary/aromatic N) is 2. The third-order valence-corrected chi connectivity index (χ3v) is 3.88. The fourth-order valence-corrected chi connectivity index (χ4v) is 2.60.